The first kappa shape index (κ1) is 18.5. The first-order valence-electron chi connectivity index (χ1n) is 8.43. The van der Waals surface area contributed by atoms with Crippen molar-refractivity contribution in [1.82, 2.24) is 14.9 Å². The molecule has 2 aromatic heterocycles. The van der Waals surface area contributed by atoms with Crippen LogP contribution < -0.4 is 0 Å². The molecule has 138 valence electrons. The Morgan fingerprint density at radius 1 is 1.31 bits per heavy atom. The summed E-state index contributed by atoms with van der Waals surface area (Å²) in [6.45, 7) is 6.30. The van der Waals surface area contributed by atoms with Gasteiger partial charge in [0.2, 0.25) is 0 Å². The summed E-state index contributed by atoms with van der Waals surface area (Å²) < 4.78 is 10.8. The number of carbonyl (C=O) groups is 2. The minimum atomic E-state index is -0.537. The number of ether oxygens (including phenoxy) is 2. The Balaban J connectivity index is 1.62. The van der Waals surface area contributed by atoms with Gasteiger partial charge in [-0.2, -0.15) is 0 Å². The van der Waals surface area contributed by atoms with Crippen LogP contribution in [-0.2, 0) is 14.3 Å². The lowest BCUT2D eigenvalue weighted by Gasteiger charge is -2.35. The smallest absolute Gasteiger partial charge is 0.350 e. The van der Waals surface area contributed by atoms with Gasteiger partial charge in [-0.3, -0.25) is 9.78 Å². The number of thiazole rings is 1. The van der Waals surface area contributed by atoms with Crippen molar-refractivity contribution >= 4 is 23.2 Å². The molecule has 0 N–H and O–H groups in total. The fourth-order valence-corrected chi connectivity index (χ4v) is 3.79. The van der Waals surface area contributed by atoms with Crippen LogP contribution >= 0.6 is 11.3 Å². The third-order valence-corrected chi connectivity index (χ3v) is 5.13. The number of esters is 1. The first-order valence-corrected chi connectivity index (χ1v) is 9.25. The molecule has 0 saturated carbocycles. The van der Waals surface area contributed by atoms with Gasteiger partial charge < -0.3 is 14.4 Å². The van der Waals surface area contributed by atoms with E-state index < -0.39 is 5.97 Å². The minimum absolute atomic E-state index is 0.0249. The summed E-state index contributed by atoms with van der Waals surface area (Å²) in [5, 5.41) is 0.650. The van der Waals surface area contributed by atoms with Crippen molar-refractivity contribution in [3.63, 3.8) is 0 Å². The van der Waals surface area contributed by atoms with Gasteiger partial charge in [-0.15, -0.1) is 11.3 Å². The van der Waals surface area contributed by atoms with Crippen molar-refractivity contribution in [2.75, 3.05) is 19.7 Å². The highest BCUT2D eigenvalue weighted by molar-refractivity contribution is 7.17. The number of aromatic nitrogens is 2. The Hall–Kier alpha value is -2.32. The molecule has 0 aromatic carbocycles. The van der Waals surface area contributed by atoms with Crippen LogP contribution in [-0.4, -0.2) is 58.6 Å². The van der Waals surface area contributed by atoms with Gasteiger partial charge in [0.05, 0.1) is 23.6 Å². The molecule has 3 heterocycles. The van der Waals surface area contributed by atoms with E-state index in [9.17, 15) is 9.59 Å². The van der Waals surface area contributed by atoms with Gasteiger partial charge in [0, 0.05) is 19.3 Å². The van der Waals surface area contributed by atoms with Crippen LogP contribution in [0.3, 0.4) is 0 Å². The maximum Gasteiger partial charge on any atom is 0.350 e. The Bertz CT molecular complexity index is 783. The molecule has 0 radical (unpaired) electrons. The normalized spacial score (nSPS) is 20.0. The van der Waals surface area contributed by atoms with E-state index in [2.05, 4.69) is 9.97 Å². The summed E-state index contributed by atoms with van der Waals surface area (Å²) in [4.78, 5) is 35.3. The average molecular weight is 375 g/mol. The minimum Gasteiger partial charge on any atom is -0.451 e. The largest absolute Gasteiger partial charge is 0.451 e. The van der Waals surface area contributed by atoms with E-state index in [1.54, 1.807) is 18.0 Å². The lowest BCUT2D eigenvalue weighted by molar-refractivity contribution is -0.146. The predicted molar refractivity (Wildman–Crippen MR) is 97.0 cm³/mol. The number of pyridine rings is 1. The summed E-state index contributed by atoms with van der Waals surface area (Å²) in [6, 6.07) is 5.51. The van der Waals surface area contributed by atoms with Crippen LogP contribution in [0, 0.1) is 6.92 Å². The van der Waals surface area contributed by atoms with Gasteiger partial charge in [-0.1, -0.05) is 6.07 Å². The summed E-state index contributed by atoms with van der Waals surface area (Å²) >= 11 is 1.22. The number of nitrogens with zero attached hydrogens (tertiary/aromatic N) is 3. The fraction of sp³-hybridized carbons (Fsp3) is 0.444. The Morgan fingerprint density at radius 2 is 2.04 bits per heavy atom. The van der Waals surface area contributed by atoms with Gasteiger partial charge in [0.1, 0.15) is 9.88 Å². The van der Waals surface area contributed by atoms with E-state index in [-0.39, 0.29) is 24.7 Å². The molecule has 2 aromatic rings. The maximum atomic E-state index is 12.4. The van der Waals surface area contributed by atoms with Crippen LogP contribution in [0.2, 0.25) is 0 Å². The van der Waals surface area contributed by atoms with Crippen molar-refractivity contribution in [1.29, 1.82) is 0 Å². The second-order valence-corrected chi connectivity index (χ2v) is 7.28. The van der Waals surface area contributed by atoms with Crippen LogP contribution in [0.4, 0.5) is 0 Å². The van der Waals surface area contributed by atoms with Crippen LogP contribution in [0.1, 0.15) is 29.2 Å². The van der Waals surface area contributed by atoms with Crippen LogP contribution in [0.5, 0.6) is 0 Å². The molecule has 0 aliphatic carbocycles. The van der Waals surface area contributed by atoms with E-state index >= 15 is 0 Å². The number of hydrogen-bond acceptors (Lipinski definition) is 7. The number of amides is 1. The zero-order valence-corrected chi connectivity index (χ0v) is 15.8. The van der Waals surface area contributed by atoms with E-state index in [1.165, 1.54) is 11.3 Å². The van der Waals surface area contributed by atoms with Gasteiger partial charge in [0.15, 0.2) is 6.61 Å². The molecule has 1 aliphatic rings. The topological polar surface area (TPSA) is 81.6 Å². The van der Waals surface area contributed by atoms with E-state index in [0.717, 1.165) is 0 Å². The molecule has 2 atom stereocenters. The number of carbonyl (C=O) groups excluding carboxylic acids is 2. The lowest BCUT2D eigenvalue weighted by atomic mass is 10.2. The molecular formula is C18H21N3O4S. The fourth-order valence-electron chi connectivity index (χ4n) is 2.85. The highest BCUT2D eigenvalue weighted by Gasteiger charge is 2.27. The van der Waals surface area contributed by atoms with Crippen molar-refractivity contribution in [3.8, 4) is 10.7 Å². The monoisotopic (exact) mass is 375 g/mol. The first-order chi connectivity index (χ1) is 12.4. The molecule has 26 heavy (non-hydrogen) atoms. The Morgan fingerprint density at radius 3 is 2.69 bits per heavy atom. The number of aryl methyl sites for hydroxylation is 1. The van der Waals surface area contributed by atoms with Crippen molar-refractivity contribution in [3.05, 3.63) is 35.0 Å². The summed E-state index contributed by atoms with van der Waals surface area (Å²) in [5.41, 5.74) is 1.27. The van der Waals surface area contributed by atoms with Gasteiger partial charge in [-0.25, -0.2) is 9.78 Å². The molecular weight excluding hydrogens is 354 g/mol. The quantitative estimate of drug-likeness (QED) is 0.763. The van der Waals surface area contributed by atoms with Gasteiger partial charge in [0.25, 0.3) is 5.91 Å². The average Bonchev–Trinajstić information content (AvgIpc) is 3.01. The molecule has 3 rings (SSSR count). The Labute approximate surface area is 156 Å². The van der Waals surface area contributed by atoms with Crippen molar-refractivity contribution in [2.45, 2.75) is 33.0 Å². The number of hydrogen-bond donors (Lipinski definition) is 0. The van der Waals surface area contributed by atoms with E-state index in [4.69, 9.17) is 9.47 Å². The van der Waals surface area contributed by atoms with Gasteiger partial charge >= 0.3 is 5.97 Å². The molecule has 1 fully saturated rings. The standard InChI is InChI=1S/C18H21N3O4S/c1-11-8-21(9-12(2)25-11)15(22)10-24-18(23)16-13(3)20-17(26-16)14-6-4-5-7-19-14/h4-7,11-12H,8-10H2,1-3H3/t11-,12+. The molecule has 1 amide bonds. The molecule has 1 saturated heterocycles. The van der Waals surface area contributed by atoms with Crippen LogP contribution in [0.15, 0.2) is 24.4 Å². The van der Waals surface area contributed by atoms with E-state index in [0.29, 0.717) is 34.4 Å². The zero-order valence-electron chi connectivity index (χ0n) is 15.0. The van der Waals surface area contributed by atoms with Crippen molar-refractivity contribution in [2.24, 2.45) is 0 Å². The van der Waals surface area contributed by atoms with Gasteiger partial charge in [-0.05, 0) is 32.9 Å². The highest BCUT2D eigenvalue weighted by Crippen LogP contribution is 2.26. The summed E-state index contributed by atoms with van der Waals surface area (Å²) in [6.07, 6.45) is 1.62. The molecule has 8 heteroatoms. The Kier molecular flexibility index (Phi) is 5.63. The van der Waals surface area contributed by atoms with Crippen molar-refractivity contribution < 1.29 is 19.1 Å². The lowest BCUT2D eigenvalue weighted by Crippen LogP contribution is -2.49. The number of morpholine rings is 1. The zero-order chi connectivity index (χ0) is 18.7. The third-order valence-electron chi connectivity index (χ3n) is 3.97. The summed E-state index contributed by atoms with van der Waals surface area (Å²) in [7, 11) is 0. The molecule has 0 unspecified atom stereocenters. The second-order valence-electron chi connectivity index (χ2n) is 6.28. The highest BCUT2D eigenvalue weighted by atomic mass is 32.1. The summed E-state index contributed by atoms with van der Waals surface area (Å²) in [5.74, 6) is -0.752. The number of rotatable bonds is 4. The van der Waals surface area contributed by atoms with Crippen LogP contribution in [0.25, 0.3) is 10.7 Å². The second kappa shape index (κ2) is 7.92. The molecule has 0 spiro atoms. The van der Waals surface area contributed by atoms with E-state index in [1.807, 2.05) is 32.0 Å². The third kappa shape index (κ3) is 4.25. The molecule has 0 bridgehead atoms. The molecule has 1 aliphatic heterocycles. The molecule has 7 nitrogen and oxygen atoms in total. The maximum absolute atomic E-state index is 12.4. The predicted octanol–water partition coefficient (Wildman–Crippen LogP) is 2.31. The SMILES string of the molecule is Cc1nc(-c2ccccn2)sc1C(=O)OCC(=O)N1C[C@@H](C)O[C@@H](C)C1.